The summed E-state index contributed by atoms with van der Waals surface area (Å²) in [6.45, 7) is 6.38. The van der Waals surface area contributed by atoms with Gasteiger partial charge in [-0.2, -0.15) is 13.2 Å². The Morgan fingerprint density at radius 1 is 1.33 bits per heavy atom. The second kappa shape index (κ2) is 10.3. The number of hydrogen-bond donors (Lipinski definition) is 2. The fourth-order valence-electron chi connectivity index (χ4n) is 3.48. The maximum Gasteiger partial charge on any atom is 0.416 e. The quantitative estimate of drug-likeness (QED) is 0.549. The number of carbonyl (C=O) groups is 1. The molecule has 0 spiro atoms. The number of halogens is 4. The second-order valence-electron chi connectivity index (χ2n) is 6.80. The molecular formula is C20H24F4N4O2. The summed E-state index contributed by atoms with van der Waals surface area (Å²) in [5.74, 6) is -0.506. The molecule has 0 aliphatic carbocycles. The molecular weight excluding hydrogens is 404 g/mol. The number of aryl methyl sites for hydroxylation is 1. The van der Waals surface area contributed by atoms with Crippen LogP contribution < -0.4 is 5.32 Å². The first-order chi connectivity index (χ1) is 14.2. The van der Waals surface area contributed by atoms with Crippen LogP contribution in [0.5, 0.6) is 0 Å². The van der Waals surface area contributed by atoms with E-state index in [1.54, 1.807) is 6.92 Å². The molecule has 0 amide bonds. The van der Waals surface area contributed by atoms with Crippen LogP contribution in [0.4, 0.5) is 23.5 Å². The molecule has 0 unspecified atom stereocenters. The van der Waals surface area contributed by atoms with Gasteiger partial charge in [0.05, 0.1) is 11.3 Å². The Balaban J connectivity index is 0.00000101. The summed E-state index contributed by atoms with van der Waals surface area (Å²) in [6, 6.07) is 2.92. The number of hydrogen-bond acceptors (Lipinski definition) is 5. The first kappa shape index (κ1) is 23.5. The average Bonchev–Trinajstić information content (AvgIpc) is 3.14. The van der Waals surface area contributed by atoms with Gasteiger partial charge in [-0.05, 0) is 45.0 Å². The zero-order valence-electron chi connectivity index (χ0n) is 16.7. The van der Waals surface area contributed by atoms with Gasteiger partial charge < -0.3 is 10.4 Å². The third-order valence-electron chi connectivity index (χ3n) is 4.97. The molecule has 6 nitrogen and oxygen atoms in total. The minimum atomic E-state index is -4.58. The van der Waals surface area contributed by atoms with Crippen LogP contribution in [-0.2, 0) is 11.0 Å². The van der Waals surface area contributed by atoms with E-state index in [1.165, 1.54) is 12.6 Å². The van der Waals surface area contributed by atoms with Crippen molar-refractivity contribution in [1.29, 1.82) is 0 Å². The van der Waals surface area contributed by atoms with Crippen molar-refractivity contribution in [2.75, 3.05) is 25.0 Å². The van der Waals surface area contributed by atoms with Gasteiger partial charge in [-0.1, -0.05) is 13.0 Å². The molecule has 2 aromatic rings. The normalized spacial score (nSPS) is 16.7. The molecule has 10 heteroatoms. The first-order valence-corrected chi connectivity index (χ1v) is 9.47. The Morgan fingerprint density at radius 2 is 2.03 bits per heavy atom. The summed E-state index contributed by atoms with van der Waals surface area (Å²) in [4.78, 5) is 19.3. The lowest BCUT2D eigenvalue weighted by Crippen LogP contribution is -2.34. The highest BCUT2D eigenvalue weighted by Crippen LogP contribution is 2.33. The lowest BCUT2D eigenvalue weighted by molar-refractivity contribution is -0.137. The molecule has 1 saturated heterocycles. The standard InChI is InChI=1S/C19H22F4N4.CH2O2/c1-3-27-8-4-5-14(27)10-24-18-25-11-16(12(2)26-18)15-7-6-13(9-17(15)20)19(21,22)23;2-1-3/h6-7,9,11,14H,3-5,8,10H2,1-2H3,(H,24,25,26);1H,(H,2,3)/t14-;/m0./s1. The maximum atomic E-state index is 14.2. The van der Waals surface area contributed by atoms with E-state index in [4.69, 9.17) is 9.90 Å². The molecule has 2 N–H and O–H groups in total. The van der Waals surface area contributed by atoms with E-state index < -0.39 is 17.6 Å². The smallest absolute Gasteiger partial charge is 0.416 e. The number of rotatable bonds is 5. The van der Waals surface area contributed by atoms with Crippen LogP contribution >= 0.6 is 0 Å². The van der Waals surface area contributed by atoms with Gasteiger partial charge in [0, 0.05) is 29.9 Å². The Kier molecular flexibility index (Phi) is 8.10. The topological polar surface area (TPSA) is 78.3 Å². The zero-order chi connectivity index (χ0) is 22.3. The van der Waals surface area contributed by atoms with Crippen molar-refractivity contribution in [3.8, 4) is 11.1 Å². The number of nitrogens with one attached hydrogen (secondary N) is 1. The minimum absolute atomic E-state index is 0.0556. The Morgan fingerprint density at radius 3 is 2.60 bits per heavy atom. The first-order valence-electron chi connectivity index (χ1n) is 9.47. The average molecular weight is 428 g/mol. The number of anilines is 1. The van der Waals surface area contributed by atoms with Crippen molar-refractivity contribution in [3.05, 3.63) is 41.5 Å². The van der Waals surface area contributed by atoms with Crippen LogP contribution in [0.1, 0.15) is 31.0 Å². The zero-order valence-corrected chi connectivity index (χ0v) is 16.7. The summed E-state index contributed by atoms with van der Waals surface area (Å²) in [7, 11) is 0. The number of alkyl halides is 3. The van der Waals surface area contributed by atoms with E-state index in [1.807, 2.05) is 0 Å². The summed E-state index contributed by atoms with van der Waals surface area (Å²) >= 11 is 0. The molecule has 0 bridgehead atoms. The lowest BCUT2D eigenvalue weighted by atomic mass is 10.0. The molecule has 3 rings (SSSR count). The van der Waals surface area contributed by atoms with Gasteiger partial charge in [0.1, 0.15) is 5.82 Å². The van der Waals surface area contributed by atoms with E-state index in [0.29, 0.717) is 29.3 Å². The molecule has 1 aliphatic heterocycles. The van der Waals surface area contributed by atoms with E-state index in [2.05, 4.69) is 27.1 Å². The Hall–Kier alpha value is -2.75. The van der Waals surface area contributed by atoms with Gasteiger partial charge in [0.25, 0.3) is 6.47 Å². The summed E-state index contributed by atoms with van der Waals surface area (Å²) in [6.07, 6.45) is -0.839. The van der Waals surface area contributed by atoms with Crippen molar-refractivity contribution in [2.45, 2.75) is 38.9 Å². The molecule has 1 aromatic carbocycles. The Bertz CT molecular complexity index is 861. The second-order valence-corrected chi connectivity index (χ2v) is 6.80. The number of carboxylic acid groups (broad SMARTS) is 1. The van der Waals surface area contributed by atoms with Crippen molar-refractivity contribution >= 4 is 12.4 Å². The predicted molar refractivity (Wildman–Crippen MR) is 105 cm³/mol. The van der Waals surface area contributed by atoms with Crippen LogP contribution in [0.3, 0.4) is 0 Å². The number of likely N-dealkylation sites (N-methyl/N-ethyl adjacent to an activating group) is 1. The molecule has 0 radical (unpaired) electrons. The monoisotopic (exact) mass is 428 g/mol. The maximum absolute atomic E-state index is 14.2. The highest BCUT2D eigenvalue weighted by atomic mass is 19.4. The van der Waals surface area contributed by atoms with E-state index in [-0.39, 0.29) is 12.0 Å². The van der Waals surface area contributed by atoms with E-state index in [9.17, 15) is 17.6 Å². The molecule has 30 heavy (non-hydrogen) atoms. The van der Waals surface area contributed by atoms with Gasteiger partial charge in [-0.25, -0.2) is 14.4 Å². The SMILES string of the molecule is CCN1CCC[C@H]1CNc1ncc(-c2ccc(C(F)(F)F)cc2F)c(C)n1.O=CO. The van der Waals surface area contributed by atoms with Crippen LogP contribution in [0.25, 0.3) is 11.1 Å². The third kappa shape index (κ3) is 5.88. The van der Waals surface area contributed by atoms with E-state index in [0.717, 1.165) is 38.2 Å². The highest BCUT2D eigenvalue weighted by molar-refractivity contribution is 5.66. The fourth-order valence-corrected chi connectivity index (χ4v) is 3.48. The van der Waals surface area contributed by atoms with E-state index >= 15 is 0 Å². The molecule has 164 valence electrons. The third-order valence-corrected chi connectivity index (χ3v) is 4.97. The van der Waals surface area contributed by atoms with Crippen LogP contribution in [0.15, 0.2) is 24.4 Å². The van der Waals surface area contributed by atoms with Crippen LogP contribution in [0, 0.1) is 12.7 Å². The fraction of sp³-hybridized carbons (Fsp3) is 0.450. The van der Waals surface area contributed by atoms with Gasteiger partial charge in [-0.3, -0.25) is 9.69 Å². The summed E-state index contributed by atoms with van der Waals surface area (Å²) in [5, 5.41) is 10.1. The largest absolute Gasteiger partial charge is 0.483 e. The van der Waals surface area contributed by atoms with Gasteiger partial charge >= 0.3 is 6.18 Å². The molecule has 1 atom stereocenters. The molecule has 1 aromatic heterocycles. The van der Waals surface area contributed by atoms with Crippen molar-refractivity contribution in [1.82, 2.24) is 14.9 Å². The molecule has 1 aliphatic rings. The lowest BCUT2D eigenvalue weighted by Gasteiger charge is -2.23. The summed E-state index contributed by atoms with van der Waals surface area (Å²) < 4.78 is 52.3. The number of likely N-dealkylation sites (tertiary alicyclic amines) is 1. The predicted octanol–water partition coefficient (Wildman–Crippen LogP) is 4.21. The van der Waals surface area contributed by atoms with Crippen molar-refractivity contribution < 1.29 is 27.5 Å². The van der Waals surface area contributed by atoms with Crippen LogP contribution in [-0.4, -0.2) is 52.1 Å². The molecule has 2 heterocycles. The summed E-state index contributed by atoms with van der Waals surface area (Å²) in [5.41, 5.74) is -0.0783. The highest BCUT2D eigenvalue weighted by Gasteiger charge is 2.31. The van der Waals surface area contributed by atoms with Gasteiger partial charge in [0.2, 0.25) is 5.95 Å². The number of nitrogens with zero attached hydrogens (tertiary/aromatic N) is 3. The molecule has 0 saturated carbocycles. The molecule has 1 fully saturated rings. The Labute approximate surface area is 172 Å². The minimum Gasteiger partial charge on any atom is -0.483 e. The van der Waals surface area contributed by atoms with Crippen LogP contribution in [0.2, 0.25) is 0 Å². The number of aromatic nitrogens is 2. The van der Waals surface area contributed by atoms with Crippen molar-refractivity contribution in [3.63, 3.8) is 0 Å². The van der Waals surface area contributed by atoms with Gasteiger partial charge in [0.15, 0.2) is 0 Å². The van der Waals surface area contributed by atoms with Crippen molar-refractivity contribution in [2.24, 2.45) is 0 Å². The number of benzene rings is 1. The van der Waals surface area contributed by atoms with Gasteiger partial charge in [-0.15, -0.1) is 0 Å².